The van der Waals surface area contributed by atoms with Gasteiger partial charge in [0.1, 0.15) is 23.9 Å². The number of rotatable bonds is 12. The lowest BCUT2D eigenvalue weighted by molar-refractivity contribution is -0.143. The molecule has 0 amide bonds. The molecule has 0 fully saturated rings. The number of hydrogen-bond donors (Lipinski definition) is 0. The van der Waals surface area contributed by atoms with E-state index in [9.17, 15) is 9.18 Å². The van der Waals surface area contributed by atoms with E-state index in [0.29, 0.717) is 31.7 Å². The van der Waals surface area contributed by atoms with Gasteiger partial charge in [0, 0.05) is 44.0 Å². The van der Waals surface area contributed by atoms with Crippen molar-refractivity contribution in [2.24, 2.45) is 0 Å². The van der Waals surface area contributed by atoms with Crippen molar-refractivity contribution in [1.29, 1.82) is 0 Å². The van der Waals surface area contributed by atoms with Crippen molar-refractivity contribution in [3.05, 3.63) is 83.2 Å². The lowest BCUT2D eigenvalue weighted by atomic mass is 9.95. The maximum atomic E-state index is 14.8. The summed E-state index contributed by atoms with van der Waals surface area (Å²) in [4.78, 5) is 16.1. The zero-order valence-corrected chi connectivity index (χ0v) is 22.5. The highest BCUT2D eigenvalue weighted by atomic mass is 19.1. The van der Waals surface area contributed by atoms with Crippen LogP contribution in [0, 0.1) is 5.82 Å². The SMILES string of the molecule is CCOC(=O)CCc1ccc(N(C)Cc2cccc3c2CCCN3CCOc2cccc(OC)c2)cc1F. The topological polar surface area (TPSA) is 51.2 Å². The molecule has 0 aromatic heterocycles. The van der Waals surface area contributed by atoms with E-state index >= 15 is 0 Å². The van der Waals surface area contributed by atoms with Crippen molar-refractivity contribution in [1.82, 2.24) is 0 Å². The number of benzene rings is 3. The molecule has 0 spiro atoms. The van der Waals surface area contributed by atoms with E-state index in [4.69, 9.17) is 14.2 Å². The van der Waals surface area contributed by atoms with Gasteiger partial charge >= 0.3 is 5.97 Å². The van der Waals surface area contributed by atoms with Crippen molar-refractivity contribution in [2.45, 2.75) is 39.2 Å². The number of halogens is 1. The Labute approximate surface area is 224 Å². The summed E-state index contributed by atoms with van der Waals surface area (Å²) in [5.41, 5.74) is 5.17. The second kappa shape index (κ2) is 13.2. The highest BCUT2D eigenvalue weighted by Crippen LogP contribution is 2.31. The number of nitrogens with zero attached hydrogens (tertiary/aromatic N) is 2. The number of carbonyl (C=O) groups excluding carboxylic acids is 1. The van der Waals surface area contributed by atoms with Crippen molar-refractivity contribution >= 4 is 17.3 Å². The van der Waals surface area contributed by atoms with Crippen molar-refractivity contribution in [3.63, 3.8) is 0 Å². The molecule has 0 aliphatic carbocycles. The number of ether oxygens (including phenoxy) is 3. The fourth-order valence-electron chi connectivity index (χ4n) is 4.91. The van der Waals surface area contributed by atoms with Crippen LogP contribution in [0.25, 0.3) is 0 Å². The minimum Gasteiger partial charge on any atom is -0.497 e. The average molecular weight is 521 g/mol. The number of aryl methyl sites for hydroxylation is 1. The van der Waals surface area contributed by atoms with Crippen LogP contribution in [-0.4, -0.2) is 46.4 Å². The number of fused-ring (bicyclic) bond motifs is 1. The van der Waals surface area contributed by atoms with Gasteiger partial charge in [-0.05, 0) is 73.2 Å². The van der Waals surface area contributed by atoms with Gasteiger partial charge in [0.25, 0.3) is 0 Å². The number of anilines is 2. The fourth-order valence-corrected chi connectivity index (χ4v) is 4.91. The zero-order chi connectivity index (χ0) is 26.9. The molecule has 7 heteroatoms. The van der Waals surface area contributed by atoms with Crippen LogP contribution in [0.5, 0.6) is 11.5 Å². The molecule has 1 aliphatic heterocycles. The molecule has 0 saturated carbocycles. The summed E-state index contributed by atoms with van der Waals surface area (Å²) in [6, 6.07) is 19.4. The molecule has 0 N–H and O–H groups in total. The van der Waals surface area contributed by atoms with E-state index in [1.54, 1.807) is 26.2 Å². The molecule has 0 atom stereocenters. The first-order valence-electron chi connectivity index (χ1n) is 13.3. The van der Waals surface area contributed by atoms with Gasteiger partial charge in [0.15, 0.2) is 0 Å². The number of methoxy groups -OCH3 is 1. The summed E-state index contributed by atoms with van der Waals surface area (Å²) >= 11 is 0. The molecule has 1 heterocycles. The predicted molar refractivity (Wildman–Crippen MR) is 149 cm³/mol. The Morgan fingerprint density at radius 3 is 2.66 bits per heavy atom. The van der Waals surface area contributed by atoms with Crippen LogP contribution in [-0.2, 0) is 28.9 Å². The zero-order valence-electron chi connectivity index (χ0n) is 22.5. The Morgan fingerprint density at radius 2 is 1.87 bits per heavy atom. The lowest BCUT2D eigenvalue weighted by Gasteiger charge is -2.33. The molecule has 38 heavy (non-hydrogen) atoms. The smallest absolute Gasteiger partial charge is 0.306 e. The molecule has 6 nitrogen and oxygen atoms in total. The van der Waals surface area contributed by atoms with Crippen LogP contribution >= 0.6 is 0 Å². The number of hydrogen-bond acceptors (Lipinski definition) is 6. The van der Waals surface area contributed by atoms with Crippen LogP contribution < -0.4 is 19.3 Å². The van der Waals surface area contributed by atoms with E-state index < -0.39 is 0 Å². The summed E-state index contributed by atoms with van der Waals surface area (Å²) < 4.78 is 31.0. The Hall–Kier alpha value is -3.74. The standard InChI is InChI=1S/C31H37FN2O4/c1-4-37-31(35)16-14-23-13-15-25(20-29(23)32)33(2)22-24-8-5-12-30-28(24)11-7-17-34(30)18-19-38-27-10-6-9-26(21-27)36-3/h5-6,8-10,12-13,15,20-21H,4,7,11,14,16-19,22H2,1-3H3. The van der Waals surface area contributed by atoms with Crippen LogP contribution in [0.2, 0.25) is 0 Å². The van der Waals surface area contributed by atoms with Crippen LogP contribution in [0.1, 0.15) is 36.5 Å². The molecule has 0 unspecified atom stereocenters. The summed E-state index contributed by atoms with van der Waals surface area (Å²) in [7, 11) is 3.63. The van der Waals surface area contributed by atoms with E-state index in [1.165, 1.54) is 16.8 Å². The molecule has 4 rings (SSSR count). The average Bonchev–Trinajstić information content (AvgIpc) is 2.93. The van der Waals surface area contributed by atoms with Gasteiger partial charge in [-0.15, -0.1) is 0 Å². The third kappa shape index (κ3) is 6.97. The summed E-state index contributed by atoms with van der Waals surface area (Å²) in [6.07, 6.45) is 2.61. The van der Waals surface area contributed by atoms with Gasteiger partial charge in [0.2, 0.25) is 0 Å². The third-order valence-corrected chi connectivity index (χ3v) is 6.90. The maximum absolute atomic E-state index is 14.8. The normalized spacial score (nSPS) is 12.6. The number of esters is 1. The first kappa shape index (κ1) is 27.3. The second-order valence-corrected chi connectivity index (χ2v) is 9.47. The summed E-state index contributed by atoms with van der Waals surface area (Å²) in [5, 5.41) is 0. The summed E-state index contributed by atoms with van der Waals surface area (Å²) in [6.45, 7) is 5.15. The van der Waals surface area contributed by atoms with Gasteiger partial charge in [-0.3, -0.25) is 4.79 Å². The second-order valence-electron chi connectivity index (χ2n) is 9.47. The van der Waals surface area contributed by atoms with E-state index in [2.05, 4.69) is 28.0 Å². The molecule has 3 aromatic carbocycles. The van der Waals surface area contributed by atoms with Crippen LogP contribution in [0.15, 0.2) is 60.7 Å². The van der Waals surface area contributed by atoms with Gasteiger partial charge in [-0.25, -0.2) is 4.39 Å². The van der Waals surface area contributed by atoms with E-state index in [0.717, 1.165) is 43.1 Å². The quantitative estimate of drug-likeness (QED) is 0.282. The molecule has 1 aliphatic rings. The van der Waals surface area contributed by atoms with Crippen molar-refractivity contribution < 1.29 is 23.4 Å². The maximum Gasteiger partial charge on any atom is 0.306 e. The van der Waals surface area contributed by atoms with Gasteiger partial charge in [-0.2, -0.15) is 0 Å². The minimum atomic E-state index is -0.303. The van der Waals surface area contributed by atoms with Crippen molar-refractivity contribution in [2.75, 3.05) is 50.3 Å². The van der Waals surface area contributed by atoms with Gasteiger partial charge in [0.05, 0.1) is 20.3 Å². The van der Waals surface area contributed by atoms with E-state index in [1.807, 2.05) is 37.4 Å². The Kier molecular flexibility index (Phi) is 9.46. The molecule has 202 valence electrons. The Balaban J connectivity index is 1.39. The number of carbonyl (C=O) groups is 1. The lowest BCUT2D eigenvalue weighted by Crippen LogP contribution is -2.34. The van der Waals surface area contributed by atoms with Gasteiger partial charge < -0.3 is 24.0 Å². The van der Waals surface area contributed by atoms with Crippen LogP contribution in [0.4, 0.5) is 15.8 Å². The fraction of sp³-hybridized carbons (Fsp3) is 0.387. The minimum absolute atomic E-state index is 0.178. The monoisotopic (exact) mass is 520 g/mol. The predicted octanol–water partition coefficient (Wildman–Crippen LogP) is 5.80. The Bertz CT molecular complexity index is 1230. The molecular weight excluding hydrogens is 483 g/mol. The van der Waals surface area contributed by atoms with Gasteiger partial charge in [-0.1, -0.05) is 24.3 Å². The molecule has 0 radical (unpaired) electrons. The van der Waals surface area contributed by atoms with Crippen molar-refractivity contribution in [3.8, 4) is 11.5 Å². The first-order chi connectivity index (χ1) is 18.5. The largest absolute Gasteiger partial charge is 0.497 e. The summed E-state index contributed by atoms with van der Waals surface area (Å²) in [5.74, 6) is 0.987. The first-order valence-corrected chi connectivity index (χ1v) is 13.3. The highest BCUT2D eigenvalue weighted by molar-refractivity contribution is 5.69. The van der Waals surface area contributed by atoms with E-state index in [-0.39, 0.29) is 18.2 Å². The molecular formula is C31H37FN2O4. The molecule has 0 saturated heterocycles. The third-order valence-electron chi connectivity index (χ3n) is 6.90. The van der Waals surface area contributed by atoms with Crippen LogP contribution in [0.3, 0.4) is 0 Å². The molecule has 3 aromatic rings. The highest BCUT2D eigenvalue weighted by Gasteiger charge is 2.20. The Morgan fingerprint density at radius 1 is 1.05 bits per heavy atom. The molecule has 0 bridgehead atoms.